The maximum atomic E-state index is 12.2. The van der Waals surface area contributed by atoms with Crippen LogP contribution in [0.25, 0.3) is 0 Å². The van der Waals surface area contributed by atoms with Gasteiger partial charge < -0.3 is 15.4 Å². The van der Waals surface area contributed by atoms with E-state index < -0.39 is 9.84 Å². The van der Waals surface area contributed by atoms with Gasteiger partial charge in [-0.05, 0) is 61.9 Å². The molecule has 0 aromatic heterocycles. The summed E-state index contributed by atoms with van der Waals surface area (Å²) >= 11 is 0. The maximum Gasteiger partial charge on any atom is 0.228 e. The van der Waals surface area contributed by atoms with Crippen molar-refractivity contribution in [1.29, 1.82) is 0 Å². The lowest BCUT2D eigenvalue weighted by atomic mass is 9.99. The molecule has 6 nitrogen and oxygen atoms in total. The molecule has 1 amide bonds. The van der Waals surface area contributed by atoms with E-state index in [4.69, 9.17) is 4.74 Å². The third-order valence-corrected chi connectivity index (χ3v) is 5.37. The maximum absolute atomic E-state index is 12.2. The van der Waals surface area contributed by atoms with E-state index in [1.54, 1.807) is 36.4 Å². The topological polar surface area (TPSA) is 84.5 Å². The highest BCUT2D eigenvalue weighted by atomic mass is 35.5. The number of ether oxygens (including phenoxy) is 1. The quantitative estimate of drug-likeness (QED) is 0.790. The first kappa shape index (κ1) is 21.2. The van der Waals surface area contributed by atoms with Gasteiger partial charge in [-0.25, -0.2) is 8.42 Å². The van der Waals surface area contributed by atoms with Crippen LogP contribution in [-0.2, 0) is 14.6 Å². The average Bonchev–Trinajstić information content (AvgIpc) is 2.63. The lowest BCUT2D eigenvalue weighted by molar-refractivity contribution is -0.120. The van der Waals surface area contributed by atoms with Crippen LogP contribution in [-0.4, -0.2) is 33.7 Å². The van der Waals surface area contributed by atoms with Crippen molar-refractivity contribution in [2.24, 2.45) is 5.92 Å². The Balaban J connectivity index is 0.00000261. The Morgan fingerprint density at radius 2 is 1.89 bits per heavy atom. The van der Waals surface area contributed by atoms with Gasteiger partial charge in [-0.15, -0.1) is 12.4 Å². The summed E-state index contributed by atoms with van der Waals surface area (Å²) in [6.45, 7) is 1.68. The van der Waals surface area contributed by atoms with Crippen molar-refractivity contribution in [3.8, 4) is 11.5 Å². The zero-order valence-electron chi connectivity index (χ0n) is 15.0. The van der Waals surface area contributed by atoms with Crippen LogP contribution >= 0.6 is 12.4 Å². The first-order chi connectivity index (χ1) is 12.4. The van der Waals surface area contributed by atoms with Crippen molar-refractivity contribution in [3.05, 3.63) is 48.5 Å². The molecule has 0 aliphatic carbocycles. The SMILES string of the molecule is CS(=O)(=O)c1cccc(Oc2ccc(NC(=O)C3CCCNC3)cc2)c1.Cl. The van der Waals surface area contributed by atoms with Crippen LogP contribution in [0.4, 0.5) is 5.69 Å². The molecule has 1 aliphatic rings. The molecule has 27 heavy (non-hydrogen) atoms. The molecule has 1 unspecified atom stereocenters. The van der Waals surface area contributed by atoms with Crippen molar-refractivity contribution in [1.82, 2.24) is 5.32 Å². The van der Waals surface area contributed by atoms with Gasteiger partial charge in [0.25, 0.3) is 0 Å². The van der Waals surface area contributed by atoms with E-state index >= 15 is 0 Å². The molecular formula is C19H23ClN2O4S. The number of hydrogen-bond acceptors (Lipinski definition) is 5. The Bertz CT molecular complexity index is 879. The third kappa shape index (κ3) is 5.95. The van der Waals surface area contributed by atoms with Crippen molar-refractivity contribution >= 4 is 33.8 Å². The molecule has 2 aromatic rings. The number of sulfone groups is 1. The fourth-order valence-electron chi connectivity index (χ4n) is 2.83. The van der Waals surface area contributed by atoms with Gasteiger partial charge in [0.05, 0.1) is 10.8 Å². The fraction of sp³-hybridized carbons (Fsp3) is 0.316. The number of carbonyl (C=O) groups excluding carboxylic acids is 1. The summed E-state index contributed by atoms with van der Waals surface area (Å²) < 4.78 is 28.9. The Labute approximate surface area is 165 Å². The predicted octanol–water partition coefficient (Wildman–Crippen LogP) is 3.24. The van der Waals surface area contributed by atoms with Gasteiger partial charge in [-0.2, -0.15) is 0 Å². The van der Waals surface area contributed by atoms with Crippen LogP contribution < -0.4 is 15.4 Å². The first-order valence-electron chi connectivity index (χ1n) is 8.51. The Hall–Kier alpha value is -2.09. The fourth-order valence-corrected chi connectivity index (χ4v) is 3.49. The van der Waals surface area contributed by atoms with E-state index in [0.29, 0.717) is 23.7 Å². The number of piperidine rings is 1. The zero-order chi connectivity index (χ0) is 18.6. The van der Waals surface area contributed by atoms with E-state index in [1.807, 2.05) is 0 Å². The van der Waals surface area contributed by atoms with Crippen molar-refractivity contribution in [3.63, 3.8) is 0 Å². The molecule has 146 valence electrons. The Morgan fingerprint density at radius 1 is 1.15 bits per heavy atom. The highest BCUT2D eigenvalue weighted by Gasteiger charge is 2.20. The molecule has 1 heterocycles. The van der Waals surface area contributed by atoms with Gasteiger partial charge in [0.15, 0.2) is 9.84 Å². The summed E-state index contributed by atoms with van der Waals surface area (Å²) in [5, 5.41) is 6.15. The molecular weight excluding hydrogens is 388 g/mol. The van der Waals surface area contributed by atoms with Crippen molar-refractivity contribution in [2.75, 3.05) is 24.7 Å². The van der Waals surface area contributed by atoms with Gasteiger partial charge in [0.1, 0.15) is 11.5 Å². The molecule has 8 heteroatoms. The number of carbonyl (C=O) groups is 1. The van der Waals surface area contributed by atoms with Crippen molar-refractivity contribution in [2.45, 2.75) is 17.7 Å². The molecule has 0 saturated carbocycles. The highest BCUT2D eigenvalue weighted by molar-refractivity contribution is 7.90. The van der Waals surface area contributed by atoms with Crippen LogP contribution in [0.2, 0.25) is 0 Å². The standard InChI is InChI=1S/C19H22N2O4S.ClH/c1-26(23,24)18-6-2-5-17(12-18)25-16-9-7-15(8-10-16)21-19(22)14-4-3-11-20-13-14;/h2,5-10,12,14,20H,3-4,11,13H2,1H3,(H,21,22);1H. The second-order valence-corrected chi connectivity index (χ2v) is 8.42. The van der Waals surface area contributed by atoms with E-state index in [0.717, 1.165) is 25.6 Å². The number of benzene rings is 2. The van der Waals surface area contributed by atoms with E-state index in [2.05, 4.69) is 10.6 Å². The minimum absolute atomic E-state index is 0. The summed E-state index contributed by atoms with van der Waals surface area (Å²) in [6, 6.07) is 13.4. The number of nitrogens with one attached hydrogen (secondary N) is 2. The molecule has 0 spiro atoms. The average molecular weight is 411 g/mol. The monoisotopic (exact) mass is 410 g/mol. The van der Waals surface area contributed by atoms with Crippen LogP contribution in [0.3, 0.4) is 0 Å². The molecule has 2 aromatic carbocycles. The number of amides is 1. The van der Waals surface area contributed by atoms with Crippen LogP contribution in [0.1, 0.15) is 12.8 Å². The number of hydrogen-bond donors (Lipinski definition) is 2. The second-order valence-electron chi connectivity index (χ2n) is 6.41. The number of rotatable bonds is 5. The molecule has 0 radical (unpaired) electrons. The minimum Gasteiger partial charge on any atom is -0.457 e. The summed E-state index contributed by atoms with van der Waals surface area (Å²) in [6.07, 6.45) is 3.07. The molecule has 2 N–H and O–H groups in total. The summed E-state index contributed by atoms with van der Waals surface area (Å²) in [4.78, 5) is 12.4. The lowest BCUT2D eigenvalue weighted by Crippen LogP contribution is -2.37. The largest absolute Gasteiger partial charge is 0.457 e. The lowest BCUT2D eigenvalue weighted by Gasteiger charge is -2.21. The summed E-state index contributed by atoms with van der Waals surface area (Å²) in [7, 11) is -3.28. The molecule has 1 saturated heterocycles. The van der Waals surface area contributed by atoms with Gasteiger partial charge in [0.2, 0.25) is 5.91 Å². The van der Waals surface area contributed by atoms with E-state index in [-0.39, 0.29) is 29.1 Å². The highest BCUT2D eigenvalue weighted by Crippen LogP contribution is 2.25. The zero-order valence-corrected chi connectivity index (χ0v) is 16.6. The van der Waals surface area contributed by atoms with Gasteiger partial charge >= 0.3 is 0 Å². The molecule has 1 atom stereocenters. The predicted molar refractivity (Wildman–Crippen MR) is 108 cm³/mol. The molecule has 1 fully saturated rings. The molecule has 1 aliphatic heterocycles. The third-order valence-electron chi connectivity index (χ3n) is 4.26. The molecule has 0 bridgehead atoms. The van der Waals surface area contributed by atoms with Crippen LogP contribution in [0.5, 0.6) is 11.5 Å². The minimum atomic E-state index is -3.28. The number of halogens is 1. The van der Waals surface area contributed by atoms with Crippen molar-refractivity contribution < 1.29 is 17.9 Å². The van der Waals surface area contributed by atoms with Gasteiger partial charge in [0, 0.05) is 18.5 Å². The second kappa shape index (κ2) is 9.21. The van der Waals surface area contributed by atoms with E-state index in [1.165, 1.54) is 12.1 Å². The molecule has 3 rings (SSSR count). The summed E-state index contributed by atoms with van der Waals surface area (Å²) in [5.74, 6) is 1.02. The van der Waals surface area contributed by atoms with Crippen LogP contribution in [0, 0.1) is 5.92 Å². The smallest absolute Gasteiger partial charge is 0.228 e. The normalized spacial score (nSPS) is 16.9. The Morgan fingerprint density at radius 3 is 2.52 bits per heavy atom. The number of anilines is 1. The summed E-state index contributed by atoms with van der Waals surface area (Å²) in [5.41, 5.74) is 0.706. The van der Waals surface area contributed by atoms with Crippen LogP contribution in [0.15, 0.2) is 53.4 Å². The van der Waals surface area contributed by atoms with Gasteiger partial charge in [-0.1, -0.05) is 6.07 Å². The Kier molecular flexibility index (Phi) is 7.24. The first-order valence-corrected chi connectivity index (χ1v) is 10.4. The van der Waals surface area contributed by atoms with Gasteiger partial charge in [-0.3, -0.25) is 4.79 Å². The van der Waals surface area contributed by atoms with E-state index in [9.17, 15) is 13.2 Å².